The van der Waals surface area contributed by atoms with Crippen molar-refractivity contribution < 1.29 is 0 Å². The fourth-order valence-electron chi connectivity index (χ4n) is 0.900. The van der Waals surface area contributed by atoms with Crippen molar-refractivity contribution in [3.8, 4) is 0 Å². The van der Waals surface area contributed by atoms with Gasteiger partial charge in [-0.05, 0) is 0 Å². The number of nitrogens with one attached hydrogen (secondary N) is 1. The first kappa shape index (κ1) is 6.80. The molecule has 0 aliphatic carbocycles. The van der Waals surface area contributed by atoms with Crippen molar-refractivity contribution >= 4 is 13.5 Å². The van der Waals surface area contributed by atoms with Crippen LogP contribution in [0.2, 0.25) is 19.6 Å². The molecule has 1 aliphatic heterocycles. The normalized spacial score (nSPS) is 19.2. The molecule has 0 atom stereocenters. The van der Waals surface area contributed by atoms with Crippen LogP contribution in [0.1, 0.15) is 0 Å². The zero-order valence-corrected chi connectivity index (χ0v) is 7.36. The number of hydrogen-bond donors (Lipinski definition) is 1. The van der Waals surface area contributed by atoms with Crippen LogP contribution in [-0.2, 0) is 0 Å². The van der Waals surface area contributed by atoms with Crippen molar-refractivity contribution in [1.29, 1.82) is 0 Å². The van der Waals surface area contributed by atoms with Crippen molar-refractivity contribution in [2.24, 2.45) is 4.99 Å². The van der Waals surface area contributed by atoms with E-state index in [0.717, 1.165) is 13.1 Å². The monoisotopic (exact) mass is 142 g/mol. The molecule has 1 rings (SSSR count). The highest BCUT2D eigenvalue weighted by Gasteiger charge is 2.22. The molecular weight excluding hydrogens is 128 g/mol. The lowest BCUT2D eigenvalue weighted by molar-refractivity contribution is 0.962. The topological polar surface area (TPSA) is 24.4 Å². The standard InChI is InChI=1S/C6H14N2Si/c1-9(2,3)6-7-4-5-8-6/h4-5H2,1-3H3,(H,7,8). The van der Waals surface area contributed by atoms with Crippen LogP contribution in [0, 0.1) is 0 Å². The van der Waals surface area contributed by atoms with E-state index in [4.69, 9.17) is 0 Å². The number of amidine groups is 1. The van der Waals surface area contributed by atoms with Gasteiger partial charge in [-0.25, -0.2) is 0 Å². The summed E-state index contributed by atoms with van der Waals surface area (Å²) in [6.45, 7) is 8.97. The van der Waals surface area contributed by atoms with Crippen LogP contribution in [-0.4, -0.2) is 26.6 Å². The third kappa shape index (κ3) is 1.54. The van der Waals surface area contributed by atoms with Gasteiger partial charge >= 0.3 is 0 Å². The Morgan fingerprint density at radius 2 is 2.11 bits per heavy atom. The molecule has 0 unspecified atom stereocenters. The molecule has 0 aromatic heterocycles. The molecule has 52 valence electrons. The summed E-state index contributed by atoms with van der Waals surface area (Å²) < 4.78 is 0. The van der Waals surface area contributed by atoms with Gasteiger partial charge in [-0.3, -0.25) is 4.99 Å². The molecule has 1 heterocycles. The van der Waals surface area contributed by atoms with Gasteiger partial charge < -0.3 is 5.32 Å². The lowest BCUT2D eigenvalue weighted by Crippen LogP contribution is -2.41. The quantitative estimate of drug-likeness (QED) is 0.540. The van der Waals surface area contributed by atoms with E-state index >= 15 is 0 Å². The maximum Gasteiger partial charge on any atom is 0.122 e. The lowest BCUT2D eigenvalue weighted by atomic mass is 10.7. The summed E-state index contributed by atoms with van der Waals surface area (Å²) >= 11 is 0. The highest BCUT2D eigenvalue weighted by Crippen LogP contribution is 2.04. The largest absolute Gasteiger partial charge is 0.376 e. The Bertz CT molecular complexity index is 134. The lowest BCUT2D eigenvalue weighted by Gasteiger charge is -2.15. The molecule has 0 bridgehead atoms. The van der Waals surface area contributed by atoms with Gasteiger partial charge in [0, 0.05) is 6.54 Å². The zero-order valence-electron chi connectivity index (χ0n) is 6.36. The molecule has 1 N–H and O–H groups in total. The van der Waals surface area contributed by atoms with Crippen LogP contribution >= 0.6 is 0 Å². The second-order valence-corrected chi connectivity index (χ2v) is 8.38. The molecular formula is C6H14N2Si. The molecule has 0 aromatic carbocycles. The smallest absolute Gasteiger partial charge is 0.122 e. The van der Waals surface area contributed by atoms with Crippen LogP contribution in [0.25, 0.3) is 0 Å². The number of nitrogens with zero attached hydrogens (tertiary/aromatic N) is 1. The number of aliphatic imine (C=N–C) groups is 1. The fraction of sp³-hybridized carbons (Fsp3) is 0.833. The van der Waals surface area contributed by atoms with E-state index in [-0.39, 0.29) is 0 Å². The van der Waals surface area contributed by atoms with E-state index in [0.29, 0.717) is 0 Å². The fourth-order valence-corrected chi connectivity index (χ4v) is 2.14. The minimum absolute atomic E-state index is 0.986. The molecule has 0 radical (unpaired) electrons. The SMILES string of the molecule is C[Si](C)(C)C1=NCCN1. The summed E-state index contributed by atoms with van der Waals surface area (Å²) in [6, 6.07) is 0. The Morgan fingerprint density at radius 3 is 2.33 bits per heavy atom. The summed E-state index contributed by atoms with van der Waals surface area (Å²) in [6.07, 6.45) is 0. The van der Waals surface area contributed by atoms with E-state index in [2.05, 4.69) is 30.0 Å². The Labute approximate surface area is 57.4 Å². The average molecular weight is 142 g/mol. The first-order valence-corrected chi connectivity index (χ1v) is 6.89. The predicted molar refractivity (Wildman–Crippen MR) is 43.7 cm³/mol. The molecule has 0 saturated heterocycles. The number of rotatable bonds is 1. The molecule has 0 fully saturated rings. The second kappa shape index (κ2) is 2.14. The van der Waals surface area contributed by atoms with E-state index in [1.165, 1.54) is 5.46 Å². The van der Waals surface area contributed by atoms with Gasteiger partial charge in [-0.15, -0.1) is 0 Å². The van der Waals surface area contributed by atoms with Crippen molar-refractivity contribution in [3.05, 3.63) is 0 Å². The Balaban J connectivity index is 2.61. The molecule has 0 aromatic rings. The molecule has 0 spiro atoms. The second-order valence-electron chi connectivity index (χ2n) is 3.41. The molecule has 3 heteroatoms. The third-order valence-electron chi connectivity index (χ3n) is 1.38. The van der Waals surface area contributed by atoms with E-state index in [1.54, 1.807) is 0 Å². The highest BCUT2D eigenvalue weighted by molar-refractivity contribution is 7.04. The van der Waals surface area contributed by atoms with Gasteiger partial charge in [0.15, 0.2) is 0 Å². The maximum absolute atomic E-state index is 4.37. The van der Waals surface area contributed by atoms with Gasteiger partial charge in [0.25, 0.3) is 0 Å². The third-order valence-corrected chi connectivity index (χ3v) is 3.14. The minimum atomic E-state index is -1.09. The zero-order chi connectivity index (χ0) is 6.91. The summed E-state index contributed by atoms with van der Waals surface area (Å²) in [5.74, 6) is 0. The summed E-state index contributed by atoms with van der Waals surface area (Å²) in [5, 5.41) is 3.31. The van der Waals surface area contributed by atoms with E-state index < -0.39 is 8.07 Å². The van der Waals surface area contributed by atoms with Crippen molar-refractivity contribution in [2.45, 2.75) is 19.6 Å². The molecule has 0 amide bonds. The van der Waals surface area contributed by atoms with Gasteiger partial charge in [0.2, 0.25) is 0 Å². The Hall–Kier alpha value is -0.313. The maximum atomic E-state index is 4.37. The van der Waals surface area contributed by atoms with Crippen LogP contribution in [0.4, 0.5) is 0 Å². The first-order valence-electron chi connectivity index (χ1n) is 3.39. The van der Waals surface area contributed by atoms with Crippen molar-refractivity contribution in [3.63, 3.8) is 0 Å². The average Bonchev–Trinajstić information content (AvgIpc) is 2.08. The Kier molecular flexibility index (Phi) is 1.61. The highest BCUT2D eigenvalue weighted by atomic mass is 28.3. The predicted octanol–water partition coefficient (Wildman–Crippen LogP) is 0.865. The summed E-state index contributed by atoms with van der Waals surface area (Å²) in [7, 11) is -1.09. The first-order chi connectivity index (χ1) is 4.11. The van der Waals surface area contributed by atoms with Crippen LogP contribution < -0.4 is 5.32 Å². The van der Waals surface area contributed by atoms with E-state index in [1.807, 2.05) is 0 Å². The van der Waals surface area contributed by atoms with Gasteiger partial charge in [-0.2, -0.15) is 0 Å². The summed E-state index contributed by atoms with van der Waals surface area (Å²) in [5.41, 5.74) is 1.29. The van der Waals surface area contributed by atoms with Gasteiger partial charge in [0.05, 0.1) is 12.0 Å². The van der Waals surface area contributed by atoms with Gasteiger partial charge in [-0.1, -0.05) is 19.6 Å². The number of hydrogen-bond acceptors (Lipinski definition) is 2. The molecule has 9 heavy (non-hydrogen) atoms. The van der Waals surface area contributed by atoms with Crippen LogP contribution in [0.5, 0.6) is 0 Å². The minimum Gasteiger partial charge on any atom is -0.376 e. The summed E-state index contributed by atoms with van der Waals surface area (Å²) in [4.78, 5) is 4.37. The molecule has 2 nitrogen and oxygen atoms in total. The van der Waals surface area contributed by atoms with E-state index in [9.17, 15) is 0 Å². The van der Waals surface area contributed by atoms with Crippen LogP contribution in [0.3, 0.4) is 0 Å². The van der Waals surface area contributed by atoms with Gasteiger partial charge in [0.1, 0.15) is 8.07 Å². The molecule has 0 saturated carbocycles. The van der Waals surface area contributed by atoms with Crippen LogP contribution in [0.15, 0.2) is 4.99 Å². The van der Waals surface area contributed by atoms with Crippen molar-refractivity contribution in [1.82, 2.24) is 5.32 Å². The molecule has 1 aliphatic rings. The Morgan fingerprint density at radius 1 is 1.44 bits per heavy atom. The van der Waals surface area contributed by atoms with Crippen molar-refractivity contribution in [2.75, 3.05) is 13.1 Å².